The molecule has 9 heteroatoms. The molecule has 0 aliphatic carbocycles. The highest BCUT2D eigenvalue weighted by Gasteiger charge is 2.18. The lowest BCUT2D eigenvalue weighted by Crippen LogP contribution is -2.05. The van der Waals surface area contributed by atoms with Crippen LogP contribution in [0.15, 0.2) is 71.6 Å². The lowest BCUT2D eigenvalue weighted by molar-refractivity contribution is 0.0695. The van der Waals surface area contributed by atoms with E-state index in [-0.39, 0.29) is 16.3 Å². The molecule has 0 unspecified atom stereocenters. The Morgan fingerprint density at radius 2 is 1.68 bits per heavy atom. The first-order valence-corrected chi connectivity index (χ1v) is 13.1. The van der Waals surface area contributed by atoms with E-state index in [9.17, 15) is 22.7 Å². The van der Waals surface area contributed by atoms with Crippen LogP contribution in [0, 0.1) is 5.82 Å². The summed E-state index contributed by atoms with van der Waals surface area (Å²) in [6, 6.07) is 17.5. The number of anilines is 2. The van der Waals surface area contributed by atoms with Crippen LogP contribution in [0.3, 0.4) is 0 Å². The highest BCUT2D eigenvalue weighted by atomic mass is 32.2. The molecule has 0 radical (unpaired) electrons. The molecular formula is C25H21FN2O4S2. The molecule has 0 saturated heterocycles. The monoisotopic (exact) mass is 496 g/mol. The number of nitrogens with zero attached hydrogens (tertiary/aromatic N) is 1. The van der Waals surface area contributed by atoms with E-state index >= 15 is 0 Å². The number of aromatic carboxylic acids is 1. The summed E-state index contributed by atoms with van der Waals surface area (Å²) >= 11 is 1.34. The number of sulfone groups is 1. The van der Waals surface area contributed by atoms with Crippen LogP contribution in [0.25, 0.3) is 21.7 Å². The third kappa shape index (κ3) is 4.85. The number of thiazole rings is 1. The molecule has 3 aromatic carbocycles. The minimum Gasteiger partial charge on any atom is -0.478 e. The number of carboxylic acid groups (broad SMARTS) is 1. The van der Waals surface area contributed by atoms with Gasteiger partial charge >= 0.3 is 5.97 Å². The minimum absolute atomic E-state index is 0.209. The van der Waals surface area contributed by atoms with Crippen molar-refractivity contribution in [3.8, 4) is 21.7 Å². The van der Waals surface area contributed by atoms with Crippen molar-refractivity contribution in [2.75, 3.05) is 11.6 Å². The lowest BCUT2D eigenvalue weighted by Gasteiger charge is -2.11. The molecule has 1 aromatic heterocycles. The topological polar surface area (TPSA) is 96.4 Å². The van der Waals surface area contributed by atoms with Gasteiger partial charge in [-0.05, 0) is 66.1 Å². The Kier molecular flexibility index (Phi) is 6.49. The van der Waals surface area contributed by atoms with Gasteiger partial charge in [-0.15, -0.1) is 0 Å². The van der Waals surface area contributed by atoms with Crippen molar-refractivity contribution < 1.29 is 22.7 Å². The summed E-state index contributed by atoms with van der Waals surface area (Å²) in [6.45, 7) is 1.88. The highest BCUT2D eigenvalue weighted by molar-refractivity contribution is 7.90. The molecule has 4 rings (SSSR count). The molecule has 0 amide bonds. The van der Waals surface area contributed by atoms with Crippen LogP contribution in [0.1, 0.15) is 22.8 Å². The number of hydrogen-bond acceptors (Lipinski definition) is 6. The second-order valence-corrected chi connectivity index (χ2v) is 10.6. The van der Waals surface area contributed by atoms with E-state index in [0.717, 1.165) is 16.7 Å². The highest BCUT2D eigenvalue weighted by Crippen LogP contribution is 2.40. The Hall–Kier alpha value is -3.56. The van der Waals surface area contributed by atoms with Crippen LogP contribution in [-0.2, 0) is 16.3 Å². The zero-order valence-electron chi connectivity index (χ0n) is 18.4. The number of carbonyl (C=O) groups is 1. The van der Waals surface area contributed by atoms with Gasteiger partial charge in [0.15, 0.2) is 15.0 Å². The molecule has 174 valence electrons. The van der Waals surface area contributed by atoms with Crippen molar-refractivity contribution >= 4 is 38.0 Å². The molecule has 0 bridgehead atoms. The van der Waals surface area contributed by atoms with Crippen molar-refractivity contribution in [2.24, 2.45) is 0 Å². The molecule has 2 N–H and O–H groups in total. The molecule has 4 aromatic rings. The van der Waals surface area contributed by atoms with Gasteiger partial charge in [-0.25, -0.2) is 22.6 Å². The number of benzene rings is 3. The first-order chi connectivity index (χ1) is 16.2. The van der Waals surface area contributed by atoms with E-state index in [2.05, 4.69) is 5.32 Å². The molecular weight excluding hydrogens is 475 g/mol. The second-order valence-electron chi connectivity index (χ2n) is 7.62. The molecule has 0 aliphatic heterocycles. The summed E-state index contributed by atoms with van der Waals surface area (Å²) in [4.78, 5) is 17.3. The van der Waals surface area contributed by atoms with Crippen molar-refractivity contribution in [1.82, 2.24) is 4.98 Å². The summed E-state index contributed by atoms with van der Waals surface area (Å²) in [5, 5.41) is 13.3. The third-order valence-electron chi connectivity index (χ3n) is 5.29. The standard InChI is InChI=1S/C25H21FN2O4S2/c1-3-19-20(24(29)30)5-4-6-21(19)27-25-28-22(15-7-11-17(26)12-8-15)23(33-25)16-9-13-18(14-10-16)34(2,31)32/h4-14H,3H2,1-2H3,(H,27,28)(H,29,30). The van der Waals surface area contributed by atoms with E-state index in [1.807, 2.05) is 6.92 Å². The summed E-state index contributed by atoms with van der Waals surface area (Å²) in [5.41, 5.74) is 3.58. The van der Waals surface area contributed by atoms with E-state index < -0.39 is 15.8 Å². The van der Waals surface area contributed by atoms with Crippen LogP contribution in [0.4, 0.5) is 15.2 Å². The third-order valence-corrected chi connectivity index (χ3v) is 7.44. The largest absolute Gasteiger partial charge is 0.478 e. The molecule has 1 heterocycles. The Morgan fingerprint density at radius 3 is 2.26 bits per heavy atom. The number of rotatable bonds is 7. The maximum atomic E-state index is 13.5. The summed E-state index contributed by atoms with van der Waals surface area (Å²) in [7, 11) is -3.34. The lowest BCUT2D eigenvalue weighted by atomic mass is 10.0. The fraction of sp³-hybridized carbons (Fsp3) is 0.120. The van der Waals surface area contributed by atoms with Crippen LogP contribution in [0.2, 0.25) is 0 Å². The average molecular weight is 497 g/mol. The Morgan fingerprint density at radius 1 is 1.03 bits per heavy atom. The normalized spacial score (nSPS) is 11.4. The predicted molar refractivity (Wildman–Crippen MR) is 132 cm³/mol. The van der Waals surface area contributed by atoms with Crippen molar-refractivity contribution in [3.63, 3.8) is 0 Å². The number of halogens is 1. The van der Waals surface area contributed by atoms with Crippen LogP contribution in [0.5, 0.6) is 0 Å². The van der Waals surface area contributed by atoms with Crippen LogP contribution in [-0.4, -0.2) is 30.7 Å². The smallest absolute Gasteiger partial charge is 0.336 e. The van der Waals surface area contributed by atoms with Gasteiger partial charge in [0.05, 0.1) is 21.0 Å². The SMILES string of the molecule is CCc1c(Nc2nc(-c3ccc(F)cc3)c(-c3ccc(S(C)(=O)=O)cc3)s2)cccc1C(=O)O. The number of carboxylic acids is 1. The first-order valence-electron chi connectivity index (χ1n) is 10.4. The van der Waals surface area contributed by atoms with Crippen molar-refractivity contribution in [1.29, 1.82) is 0 Å². The van der Waals surface area contributed by atoms with Gasteiger partial charge in [-0.1, -0.05) is 36.5 Å². The number of aromatic nitrogens is 1. The molecule has 0 aliphatic rings. The predicted octanol–water partition coefficient (Wildman–Crippen LogP) is 6.02. The Bertz CT molecular complexity index is 1460. The van der Waals surface area contributed by atoms with E-state index in [1.54, 1.807) is 42.5 Å². The van der Waals surface area contributed by atoms with E-state index in [4.69, 9.17) is 4.98 Å². The van der Waals surface area contributed by atoms with Gasteiger partial charge in [-0.3, -0.25) is 0 Å². The van der Waals surface area contributed by atoms with Gasteiger partial charge in [0, 0.05) is 17.5 Å². The van der Waals surface area contributed by atoms with Crippen LogP contribution >= 0.6 is 11.3 Å². The molecule has 0 atom stereocenters. The second kappa shape index (κ2) is 9.36. The Labute approximate surface area is 200 Å². The first kappa shape index (κ1) is 23.6. The van der Waals surface area contributed by atoms with Gasteiger partial charge < -0.3 is 10.4 Å². The maximum Gasteiger partial charge on any atom is 0.336 e. The maximum absolute atomic E-state index is 13.5. The fourth-order valence-electron chi connectivity index (χ4n) is 3.63. The summed E-state index contributed by atoms with van der Waals surface area (Å²) in [5.74, 6) is -1.37. The summed E-state index contributed by atoms with van der Waals surface area (Å²) in [6.07, 6.45) is 1.66. The zero-order chi connectivity index (χ0) is 24.5. The van der Waals surface area contributed by atoms with E-state index in [0.29, 0.717) is 34.1 Å². The van der Waals surface area contributed by atoms with Gasteiger partial charge in [0.1, 0.15) is 5.82 Å². The van der Waals surface area contributed by atoms with Gasteiger partial charge in [-0.2, -0.15) is 0 Å². The molecule has 0 fully saturated rings. The minimum atomic E-state index is -3.34. The van der Waals surface area contributed by atoms with Crippen molar-refractivity contribution in [2.45, 2.75) is 18.2 Å². The number of hydrogen-bond donors (Lipinski definition) is 2. The molecule has 0 saturated carbocycles. The summed E-state index contributed by atoms with van der Waals surface area (Å²) < 4.78 is 37.2. The van der Waals surface area contributed by atoms with Gasteiger partial charge in [0.2, 0.25) is 0 Å². The number of nitrogens with one attached hydrogen (secondary N) is 1. The van der Waals surface area contributed by atoms with Gasteiger partial charge in [0.25, 0.3) is 0 Å². The van der Waals surface area contributed by atoms with E-state index in [1.165, 1.54) is 35.6 Å². The quantitative estimate of drug-likeness (QED) is 0.325. The van der Waals surface area contributed by atoms with Crippen LogP contribution < -0.4 is 5.32 Å². The average Bonchev–Trinajstić information content (AvgIpc) is 3.22. The molecule has 6 nitrogen and oxygen atoms in total. The fourth-order valence-corrected chi connectivity index (χ4v) is 5.26. The van der Waals surface area contributed by atoms with Crippen molar-refractivity contribution in [3.05, 3.63) is 83.7 Å². The zero-order valence-corrected chi connectivity index (χ0v) is 20.0. The Balaban J connectivity index is 1.81. The molecule has 34 heavy (non-hydrogen) atoms. The molecule has 0 spiro atoms.